The monoisotopic (exact) mass is 922 g/mol. The number of nitrogens with zero attached hydrogens (tertiary/aromatic N) is 2. The summed E-state index contributed by atoms with van der Waals surface area (Å²) >= 11 is 1.93. The van der Waals surface area contributed by atoms with Crippen molar-refractivity contribution in [1.29, 1.82) is 0 Å². The SMILES string of the molecule is Cc1cc2c3c(c1)N(c1c(C)cc(-c4cc5ccccc5o4)cc1C)c1c(sc4ccc(C(C)(C)C)cc14)B3c1ccc(-c3cc4ccccc4o3)cc1N2c1cccc(-c2cc3ccccc3o2)c1. The minimum atomic E-state index is -0.0442. The Hall–Kier alpha value is -8.00. The first-order valence-corrected chi connectivity index (χ1v) is 25.0. The molecule has 336 valence electrons. The molecule has 2 aliphatic heterocycles. The van der Waals surface area contributed by atoms with Gasteiger partial charge in [-0.3, -0.25) is 0 Å². The van der Waals surface area contributed by atoms with E-state index in [9.17, 15) is 0 Å². The molecule has 0 radical (unpaired) electrons. The van der Waals surface area contributed by atoms with Gasteiger partial charge >= 0.3 is 0 Å². The van der Waals surface area contributed by atoms with Crippen LogP contribution < -0.4 is 25.5 Å². The summed E-state index contributed by atoms with van der Waals surface area (Å²) in [5.41, 5.74) is 20.1. The highest BCUT2D eigenvalue weighted by Crippen LogP contribution is 2.51. The van der Waals surface area contributed by atoms with Gasteiger partial charge < -0.3 is 23.1 Å². The lowest BCUT2D eigenvalue weighted by Crippen LogP contribution is -2.60. The van der Waals surface area contributed by atoms with Crippen molar-refractivity contribution < 1.29 is 13.3 Å². The Morgan fingerprint density at radius 2 is 1.04 bits per heavy atom. The molecule has 0 N–H and O–H groups in total. The highest BCUT2D eigenvalue weighted by Gasteiger charge is 2.46. The molecule has 0 amide bonds. The maximum atomic E-state index is 6.59. The fraction of sp³-hybridized carbons (Fsp3) is 0.111. The number of para-hydroxylation sites is 3. The molecule has 12 aromatic rings. The van der Waals surface area contributed by atoms with Crippen LogP contribution in [0.4, 0.5) is 34.1 Å². The maximum Gasteiger partial charge on any atom is 0.264 e. The second kappa shape index (κ2) is 15.0. The van der Waals surface area contributed by atoms with Crippen molar-refractivity contribution in [3.8, 4) is 34.0 Å². The first-order chi connectivity index (χ1) is 34.0. The zero-order valence-electron chi connectivity index (χ0n) is 39.8. The van der Waals surface area contributed by atoms with Crippen molar-refractivity contribution in [3.05, 3.63) is 198 Å². The van der Waals surface area contributed by atoms with E-state index in [4.69, 9.17) is 13.3 Å². The zero-order valence-corrected chi connectivity index (χ0v) is 40.7. The molecule has 0 spiro atoms. The standard InChI is InChI=1S/C63H47BN2O3S/c1-36-26-50-59-51(27-36)66(60-37(2)28-44(29-38(60)3)57-34-42-16-9-12-21-54(42)69-57)61-47-35-45(63(4,5)6)23-25-58(47)70-62(61)64(59)48-24-22-43(56-33-41-15-8-11-20-53(41)68-56)31-49(48)65(50)46-18-13-17-39(30-46)55-32-40-14-7-10-19-52(40)67-55/h7-35H,1-6H3. The quantitative estimate of drug-likeness (QED) is 0.161. The summed E-state index contributed by atoms with van der Waals surface area (Å²) in [6.07, 6.45) is 0. The lowest BCUT2D eigenvalue weighted by atomic mass is 9.36. The lowest BCUT2D eigenvalue weighted by Gasteiger charge is -2.44. The number of furan rings is 3. The number of aryl methyl sites for hydroxylation is 3. The molecule has 8 aromatic carbocycles. The molecule has 0 unspecified atom stereocenters. The average Bonchev–Trinajstić information content (AvgIpc) is 4.17. The molecule has 14 rings (SSSR count). The summed E-state index contributed by atoms with van der Waals surface area (Å²) in [6.45, 7) is 13.7. The van der Waals surface area contributed by atoms with Crippen LogP contribution in [-0.4, -0.2) is 6.71 Å². The predicted molar refractivity (Wildman–Crippen MR) is 294 cm³/mol. The van der Waals surface area contributed by atoms with Crippen LogP contribution in [0.3, 0.4) is 0 Å². The minimum Gasteiger partial charge on any atom is -0.456 e. The van der Waals surface area contributed by atoms with Crippen molar-refractivity contribution in [3.63, 3.8) is 0 Å². The number of hydrogen-bond acceptors (Lipinski definition) is 6. The van der Waals surface area contributed by atoms with Gasteiger partial charge in [0.05, 0.1) is 11.4 Å². The Bertz CT molecular complexity index is 4020. The van der Waals surface area contributed by atoms with Crippen molar-refractivity contribution in [2.24, 2.45) is 0 Å². The van der Waals surface area contributed by atoms with Crippen LogP contribution in [0.2, 0.25) is 0 Å². The number of fused-ring (bicyclic) bond motifs is 9. The van der Waals surface area contributed by atoms with Gasteiger partial charge in [-0.2, -0.15) is 0 Å². The topological polar surface area (TPSA) is 45.9 Å². The molecule has 0 saturated carbocycles. The summed E-state index contributed by atoms with van der Waals surface area (Å²) in [5, 5.41) is 4.56. The number of anilines is 6. The van der Waals surface area contributed by atoms with E-state index in [-0.39, 0.29) is 12.1 Å². The Balaban J connectivity index is 1.04. The van der Waals surface area contributed by atoms with E-state index in [2.05, 4.69) is 191 Å². The fourth-order valence-electron chi connectivity index (χ4n) is 11.4. The van der Waals surface area contributed by atoms with Crippen LogP contribution in [0.15, 0.2) is 189 Å². The summed E-state index contributed by atoms with van der Waals surface area (Å²) in [4.78, 5) is 5.11. The van der Waals surface area contributed by atoms with Crippen LogP contribution in [-0.2, 0) is 5.41 Å². The number of thiophene rings is 1. The van der Waals surface area contributed by atoms with Gasteiger partial charge in [-0.25, -0.2) is 0 Å². The van der Waals surface area contributed by atoms with Crippen LogP contribution in [0.5, 0.6) is 0 Å². The van der Waals surface area contributed by atoms with Gasteiger partial charge in [0.2, 0.25) is 0 Å². The first kappa shape index (κ1) is 41.0. The molecular weight excluding hydrogens is 876 g/mol. The largest absolute Gasteiger partial charge is 0.456 e. The molecule has 5 nitrogen and oxygen atoms in total. The van der Waals surface area contributed by atoms with Gasteiger partial charge in [0.1, 0.15) is 34.0 Å². The van der Waals surface area contributed by atoms with Crippen molar-refractivity contribution in [2.45, 2.75) is 47.0 Å². The Labute approximate surface area is 410 Å². The van der Waals surface area contributed by atoms with E-state index in [1.54, 1.807) is 0 Å². The molecule has 6 heterocycles. The minimum absolute atomic E-state index is 0.0356. The van der Waals surface area contributed by atoms with E-state index in [1.165, 1.54) is 65.1 Å². The molecule has 70 heavy (non-hydrogen) atoms. The fourth-order valence-corrected chi connectivity index (χ4v) is 12.7. The maximum absolute atomic E-state index is 6.59. The van der Waals surface area contributed by atoms with Crippen LogP contribution in [0.25, 0.3) is 77.0 Å². The number of benzene rings is 8. The Kier molecular flexibility index (Phi) is 8.79. The highest BCUT2D eigenvalue weighted by atomic mass is 32.1. The van der Waals surface area contributed by atoms with E-state index in [0.717, 1.165) is 83.9 Å². The molecule has 0 saturated heterocycles. The third-order valence-electron chi connectivity index (χ3n) is 14.6. The van der Waals surface area contributed by atoms with Gasteiger partial charge in [-0.15, -0.1) is 11.3 Å². The molecule has 7 heteroatoms. The average molecular weight is 923 g/mol. The van der Waals surface area contributed by atoms with E-state index >= 15 is 0 Å². The predicted octanol–water partition coefficient (Wildman–Crippen LogP) is 16.4. The summed E-state index contributed by atoms with van der Waals surface area (Å²) in [6, 6.07) is 63.7. The molecule has 0 aliphatic carbocycles. The van der Waals surface area contributed by atoms with E-state index < -0.39 is 0 Å². The molecule has 2 aliphatic rings. The molecular formula is C63H47BN2O3S. The Morgan fingerprint density at radius 1 is 0.471 bits per heavy atom. The van der Waals surface area contributed by atoms with Crippen molar-refractivity contribution >= 4 is 111 Å². The van der Waals surface area contributed by atoms with Gasteiger partial charge in [0.15, 0.2) is 0 Å². The Morgan fingerprint density at radius 3 is 1.64 bits per heavy atom. The second-order valence-electron chi connectivity index (χ2n) is 20.3. The van der Waals surface area contributed by atoms with Gasteiger partial charge in [-0.05, 0) is 150 Å². The number of hydrogen-bond donors (Lipinski definition) is 0. The van der Waals surface area contributed by atoms with Crippen molar-refractivity contribution in [1.82, 2.24) is 0 Å². The normalized spacial score (nSPS) is 13.2. The number of rotatable bonds is 5. The summed E-state index contributed by atoms with van der Waals surface area (Å²) in [7, 11) is 0. The summed E-state index contributed by atoms with van der Waals surface area (Å²) in [5.74, 6) is 2.56. The summed E-state index contributed by atoms with van der Waals surface area (Å²) < 4.78 is 22.2. The van der Waals surface area contributed by atoms with E-state index in [1.807, 2.05) is 47.7 Å². The first-order valence-electron chi connectivity index (χ1n) is 24.2. The van der Waals surface area contributed by atoms with Crippen LogP contribution in [0, 0.1) is 20.8 Å². The van der Waals surface area contributed by atoms with Gasteiger partial charge in [-0.1, -0.05) is 106 Å². The smallest absolute Gasteiger partial charge is 0.264 e. The molecule has 0 bridgehead atoms. The van der Waals surface area contributed by atoms with Crippen LogP contribution in [0.1, 0.15) is 43.0 Å². The molecule has 0 atom stereocenters. The third-order valence-corrected chi connectivity index (χ3v) is 15.8. The second-order valence-corrected chi connectivity index (χ2v) is 21.4. The molecule has 4 aromatic heterocycles. The zero-order chi connectivity index (χ0) is 47.2. The lowest BCUT2D eigenvalue weighted by molar-refractivity contribution is 0.591. The highest BCUT2D eigenvalue weighted by molar-refractivity contribution is 7.33. The molecule has 0 fully saturated rings. The van der Waals surface area contributed by atoms with Crippen molar-refractivity contribution in [2.75, 3.05) is 9.80 Å². The van der Waals surface area contributed by atoms with Gasteiger partial charge in [0, 0.05) is 70.5 Å². The van der Waals surface area contributed by atoms with Crippen LogP contribution >= 0.6 is 11.3 Å². The third kappa shape index (κ3) is 6.24. The van der Waals surface area contributed by atoms with E-state index in [0.29, 0.717) is 0 Å². The van der Waals surface area contributed by atoms with Gasteiger partial charge in [0.25, 0.3) is 6.71 Å².